The molecule has 1 atom stereocenters. The number of benzene rings is 2. The number of hydrogen-bond acceptors (Lipinski definition) is 9. The van der Waals surface area contributed by atoms with Crippen molar-refractivity contribution in [2.45, 2.75) is 44.1 Å². The van der Waals surface area contributed by atoms with Crippen LogP contribution in [-0.4, -0.2) is 53.7 Å². The van der Waals surface area contributed by atoms with Crippen molar-refractivity contribution in [3.8, 4) is 17.6 Å². The Kier molecular flexibility index (Phi) is 7.10. The van der Waals surface area contributed by atoms with E-state index in [0.29, 0.717) is 28.3 Å². The first kappa shape index (κ1) is 25.3. The molecule has 2 aromatic carbocycles. The van der Waals surface area contributed by atoms with Crippen molar-refractivity contribution < 1.29 is 13.9 Å². The SMILES string of the molecule is COC1CCN(SNc2ccc(F)c(Oc3ccc4ncc(C5CC6(CCNCC6)C5)nc4c3)c2C#N)C1. The fourth-order valence-electron chi connectivity index (χ4n) is 5.88. The van der Waals surface area contributed by atoms with Crippen molar-refractivity contribution in [3.05, 3.63) is 53.6 Å². The Hall–Kier alpha value is -2.97. The number of rotatable bonds is 7. The number of halogens is 1. The van der Waals surface area contributed by atoms with Crippen LogP contribution in [0.4, 0.5) is 10.1 Å². The molecule has 6 rings (SSSR count). The first-order chi connectivity index (χ1) is 18.6. The van der Waals surface area contributed by atoms with Gasteiger partial charge in [0.25, 0.3) is 0 Å². The first-order valence-electron chi connectivity index (χ1n) is 13.1. The Labute approximate surface area is 226 Å². The molecule has 2 saturated heterocycles. The molecule has 1 spiro atoms. The number of fused-ring (bicyclic) bond motifs is 1. The lowest BCUT2D eigenvalue weighted by Gasteiger charge is -2.50. The smallest absolute Gasteiger partial charge is 0.182 e. The number of hydrogen-bond donors (Lipinski definition) is 2. The van der Waals surface area contributed by atoms with Gasteiger partial charge in [0.15, 0.2) is 11.6 Å². The molecule has 2 aliphatic heterocycles. The van der Waals surface area contributed by atoms with Crippen LogP contribution in [0.2, 0.25) is 0 Å². The predicted molar refractivity (Wildman–Crippen MR) is 145 cm³/mol. The minimum absolute atomic E-state index is 0.107. The molecule has 3 heterocycles. The Morgan fingerprint density at radius 2 is 2.05 bits per heavy atom. The third-order valence-corrected chi connectivity index (χ3v) is 9.04. The molecular formula is C28H31FN6O2S. The lowest BCUT2D eigenvalue weighted by atomic mass is 9.57. The average molecular weight is 535 g/mol. The average Bonchev–Trinajstić information content (AvgIpc) is 3.40. The van der Waals surface area contributed by atoms with Gasteiger partial charge in [0.05, 0.1) is 28.5 Å². The van der Waals surface area contributed by atoms with Crippen molar-refractivity contribution in [3.63, 3.8) is 0 Å². The quantitative estimate of drug-likeness (QED) is 0.388. The highest BCUT2D eigenvalue weighted by Crippen LogP contribution is 2.55. The summed E-state index contributed by atoms with van der Waals surface area (Å²) in [6.45, 7) is 3.83. The van der Waals surface area contributed by atoms with Crippen molar-refractivity contribution >= 4 is 28.9 Å². The van der Waals surface area contributed by atoms with Gasteiger partial charge in [-0.2, -0.15) is 5.26 Å². The zero-order valence-electron chi connectivity index (χ0n) is 21.4. The van der Waals surface area contributed by atoms with E-state index in [4.69, 9.17) is 14.5 Å². The van der Waals surface area contributed by atoms with E-state index >= 15 is 0 Å². The number of ether oxygens (including phenoxy) is 2. The lowest BCUT2D eigenvalue weighted by molar-refractivity contribution is 0.0586. The van der Waals surface area contributed by atoms with Crippen molar-refractivity contribution in [2.75, 3.05) is 38.0 Å². The van der Waals surface area contributed by atoms with Crippen molar-refractivity contribution in [1.29, 1.82) is 5.26 Å². The molecule has 2 N–H and O–H groups in total. The van der Waals surface area contributed by atoms with Gasteiger partial charge in [0, 0.05) is 50.5 Å². The van der Waals surface area contributed by atoms with Gasteiger partial charge in [-0.25, -0.2) is 13.7 Å². The summed E-state index contributed by atoms with van der Waals surface area (Å²) in [5, 5.41) is 13.3. The van der Waals surface area contributed by atoms with E-state index < -0.39 is 5.82 Å². The second-order valence-electron chi connectivity index (χ2n) is 10.5. The third kappa shape index (κ3) is 5.04. The maximum Gasteiger partial charge on any atom is 0.182 e. The maximum absolute atomic E-state index is 14.9. The van der Waals surface area contributed by atoms with Gasteiger partial charge in [0.1, 0.15) is 17.4 Å². The zero-order chi connectivity index (χ0) is 26.1. The van der Waals surface area contributed by atoms with Gasteiger partial charge in [-0.3, -0.25) is 4.98 Å². The highest BCUT2D eigenvalue weighted by Gasteiger charge is 2.45. The number of piperidine rings is 1. The summed E-state index contributed by atoms with van der Waals surface area (Å²) in [4.78, 5) is 9.52. The Morgan fingerprint density at radius 3 is 2.82 bits per heavy atom. The van der Waals surface area contributed by atoms with Crippen LogP contribution >= 0.6 is 12.1 Å². The second-order valence-corrected chi connectivity index (χ2v) is 11.4. The molecule has 1 unspecified atom stereocenters. The van der Waals surface area contributed by atoms with E-state index in [-0.39, 0.29) is 17.4 Å². The number of nitriles is 1. The van der Waals surface area contributed by atoms with Crippen molar-refractivity contribution in [1.82, 2.24) is 19.6 Å². The van der Waals surface area contributed by atoms with Gasteiger partial charge in [-0.05, 0) is 74.9 Å². The van der Waals surface area contributed by atoms with Gasteiger partial charge < -0.3 is 19.5 Å². The zero-order valence-corrected chi connectivity index (χ0v) is 22.2. The number of nitrogens with zero attached hydrogens (tertiary/aromatic N) is 4. The molecule has 3 fully saturated rings. The molecule has 1 aromatic heterocycles. The summed E-state index contributed by atoms with van der Waals surface area (Å²) < 4.78 is 31.6. The summed E-state index contributed by atoms with van der Waals surface area (Å²) >= 11 is 1.38. The van der Waals surface area contributed by atoms with E-state index in [1.165, 1.54) is 31.0 Å². The lowest BCUT2D eigenvalue weighted by Crippen LogP contribution is -2.44. The number of anilines is 1. The maximum atomic E-state index is 14.9. The van der Waals surface area contributed by atoms with E-state index in [0.717, 1.165) is 56.7 Å². The highest BCUT2D eigenvalue weighted by molar-refractivity contribution is 7.98. The summed E-state index contributed by atoms with van der Waals surface area (Å²) in [7, 11) is 1.71. The molecule has 3 aromatic rings. The van der Waals surface area contributed by atoms with Crippen LogP contribution < -0.4 is 14.8 Å². The molecule has 38 heavy (non-hydrogen) atoms. The van der Waals surface area contributed by atoms with Crippen LogP contribution in [0, 0.1) is 22.6 Å². The van der Waals surface area contributed by atoms with E-state index in [1.54, 1.807) is 25.3 Å². The van der Waals surface area contributed by atoms with Gasteiger partial charge in [-0.15, -0.1) is 0 Å². The summed E-state index contributed by atoms with van der Waals surface area (Å²) in [6.07, 6.45) is 7.79. The molecular weight excluding hydrogens is 503 g/mol. The van der Waals surface area contributed by atoms with Crippen LogP contribution in [-0.2, 0) is 4.74 Å². The van der Waals surface area contributed by atoms with Gasteiger partial charge in [-0.1, -0.05) is 0 Å². The topological polar surface area (TPSA) is 95.3 Å². The molecule has 198 valence electrons. The Morgan fingerprint density at radius 1 is 1.21 bits per heavy atom. The molecule has 1 aliphatic carbocycles. The Bertz CT molecular complexity index is 1370. The molecule has 3 aliphatic rings. The predicted octanol–water partition coefficient (Wildman–Crippen LogP) is 5.38. The largest absolute Gasteiger partial charge is 0.453 e. The standard InChI is InChI=1S/C28H31FN6O2S/c1-36-20-6-11-35(17-20)38-34-23-5-3-22(29)27(21(23)15-30)37-19-2-4-24-25(12-19)33-26(16-32-24)18-13-28(14-18)7-9-31-10-8-28/h2-5,12,16,18,20,31,34H,6-11,13-14,17H2,1H3. The monoisotopic (exact) mass is 534 g/mol. The molecule has 0 radical (unpaired) electrons. The summed E-state index contributed by atoms with van der Waals surface area (Å²) in [5.41, 5.74) is 3.53. The second kappa shape index (κ2) is 10.7. The summed E-state index contributed by atoms with van der Waals surface area (Å²) in [6, 6.07) is 10.3. The number of nitrogens with one attached hydrogen (secondary N) is 2. The minimum atomic E-state index is -0.598. The van der Waals surface area contributed by atoms with Crippen LogP contribution in [0.15, 0.2) is 36.5 Å². The summed E-state index contributed by atoms with van der Waals surface area (Å²) in [5.74, 6) is 0.131. The highest BCUT2D eigenvalue weighted by atomic mass is 32.2. The van der Waals surface area contributed by atoms with Crippen LogP contribution in [0.3, 0.4) is 0 Å². The molecule has 1 saturated carbocycles. The number of aromatic nitrogens is 2. The third-order valence-electron chi connectivity index (χ3n) is 8.14. The fraction of sp³-hybridized carbons (Fsp3) is 0.464. The van der Waals surface area contributed by atoms with Crippen LogP contribution in [0.25, 0.3) is 11.0 Å². The van der Waals surface area contributed by atoms with E-state index in [2.05, 4.69) is 25.4 Å². The Balaban J connectivity index is 1.19. The van der Waals surface area contributed by atoms with Crippen LogP contribution in [0.5, 0.6) is 11.5 Å². The van der Waals surface area contributed by atoms with Crippen molar-refractivity contribution in [2.24, 2.45) is 5.41 Å². The molecule has 0 amide bonds. The first-order valence-corrected chi connectivity index (χ1v) is 13.9. The van der Waals surface area contributed by atoms with Crippen LogP contribution in [0.1, 0.15) is 49.3 Å². The van der Waals surface area contributed by atoms with E-state index in [1.807, 2.05) is 12.3 Å². The normalized spacial score (nSPS) is 21.3. The van der Waals surface area contributed by atoms with Gasteiger partial charge >= 0.3 is 0 Å². The molecule has 10 heteroatoms. The number of methoxy groups -OCH3 is 1. The molecule has 8 nitrogen and oxygen atoms in total. The minimum Gasteiger partial charge on any atom is -0.453 e. The molecule has 0 bridgehead atoms. The van der Waals surface area contributed by atoms with Gasteiger partial charge in [0.2, 0.25) is 0 Å². The van der Waals surface area contributed by atoms with E-state index in [9.17, 15) is 9.65 Å². The fourth-order valence-corrected chi connectivity index (χ4v) is 6.72.